The number of unbranched alkanes of at least 4 members (excludes halogenated alkanes) is 1. The molecule has 18 heteroatoms. The van der Waals surface area contributed by atoms with Crippen molar-refractivity contribution in [1.29, 1.82) is 0 Å². The van der Waals surface area contributed by atoms with Gasteiger partial charge in [-0.25, -0.2) is 19.2 Å². The number of ketones is 1. The fourth-order valence-electron chi connectivity index (χ4n) is 11.5. The van der Waals surface area contributed by atoms with Gasteiger partial charge in [0, 0.05) is 45.7 Å². The molecule has 4 aliphatic rings. The predicted molar refractivity (Wildman–Crippen MR) is 308 cm³/mol. The summed E-state index contributed by atoms with van der Waals surface area (Å²) < 4.78 is 42.7. The number of fused-ring (bicyclic) bond motifs is 5. The van der Waals surface area contributed by atoms with Gasteiger partial charge < -0.3 is 53.6 Å². The van der Waals surface area contributed by atoms with E-state index in [0.29, 0.717) is 24.8 Å². The number of Topliss-reactive ketones (excluding diaryl/α,β-unsaturated/α-hetero) is 1. The molecule has 1 aliphatic heterocycles. The Labute approximate surface area is 484 Å². The van der Waals surface area contributed by atoms with Crippen molar-refractivity contribution in [2.45, 2.75) is 200 Å². The average molecular weight is 1140 g/mol. The number of alkyl carbamates (subject to hydrolysis) is 1. The fourth-order valence-corrected chi connectivity index (χ4v) is 11.5. The van der Waals surface area contributed by atoms with Crippen molar-refractivity contribution in [2.24, 2.45) is 16.7 Å². The van der Waals surface area contributed by atoms with E-state index < -0.39 is 124 Å². The van der Waals surface area contributed by atoms with Gasteiger partial charge in [-0.3, -0.25) is 14.4 Å². The van der Waals surface area contributed by atoms with Crippen LogP contribution in [0.3, 0.4) is 0 Å². The smallest absolute Gasteiger partial charge is 0.410 e. The van der Waals surface area contributed by atoms with E-state index in [9.17, 15) is 34.2 Å². The number of carbonyl (C=O) groups excluding carboxylic acids is 7. The van der Waals surface area contributed by atoms with Crippen LogP contribution in [0.4, 0.5) is 9.59 Å². The molecule has 2 unspecified atom stereocenters. The molecule has 2 bridgehead atoms. The lowest BCUT2D eigenvalue weighted by molar-refractivity contribution is -0.345. The summed E-state index contributed by atoms with van der Waals surface area (Å²) in [6.07, 6.45) is 14.7. The highest BCUT2D eigenvalue weighted by atomic mass is 16.6. The molecule has 0 aromatic heterocycles. The maximum atomic E-state index is 16.0. The molecule has 0 spiro atoms. The van der Waals surface area contributed by atoms with Crippen LogP contribution in [0.1, 0.15) is 151 Å². The van der Waals surface area contributed by atoms with E-state index in [-0.39, 0.29) is 36.2 Å². The number of aliphatic hydroxyl groups is 2. The Morgan fingerprint density at radius 3 is 1.96 bits per heavy atom. The molecular formula is C64H88N2O16. The zero-order valence-corrected chi connectivity index (χ0v) is 50.2. The summed E-state index contributed by atoms with van der Waals surface area (Å²) >= 11 is 0. The first-order valence-electron chi connectivity index (χ1n) is 28.5. The molecule has 1 aromatic carbocycles. The molecule has 1 heterocycles. The Kier molecular flexibility index (Phi) is 23.1. The third-order valence-corrected chi connectivity index (χ3v) is 15.7. The van der Waals surface area contributed by atoms with E-state index in [1.807, 2.05) is 12.2 Å². The third kappa shape index (κ3) is 15.7. The molecule has 1 aromatic rings. The number of carbonyl (C=O) groups is 7. The highest BCUT2D eigenvalue weighted by molar-refractivity contribution is 5.96. The van der Waals surface area contributed by atoms with Crippen molar-refractivity contribution in [3.63, 3.8) is 0 Å². The zero-order chi connectivity index (χ0) is 60.8. The van der Waals surface area contributed by atoms with Gasteiger partial charge in [0.1, 0.15) is 29.5 Å². The van der Waals surface area contributed by atoms with Crippen molar-refractivity contribution in [3.8, 4) is 0 Å². The Hall–Kier alpha value is -6.63. The van der Waals surface area contributed by atoms with Gasteiger partial charge in [-0.1, -0.05) is 111 Å². The first kappa shape index (κ1) is 66.2. The molecule has 450 valence electrons. The van der Waals surface area contributed by atoms with Crippen molar-refractivity contribution in [1.82, 2.24) is 10.2 Å². The molecule has 5 rings (SSSR count). The largest absolute Gasteiger partial charge is 0.455 e. The summed E-state index contributed by atoms with van der Waals surface area (Å²) in [5.74, 6) is -6.26. The van der Waals surface area contributed by atoms with E-state index in [4.69, 9.17) is 33.2 Å². The van der Waals surface area contributed by atoms with Crippen molar-refractivity contribution >= 4 is 41.8 Å². The quantitative estimate of drug-likeness (QED) is 0.0400. The zero-order valence-electron chi connectivity index (χ0n) is 50.2. The normalized spacial score (nSPS) is 27.6. The van der Waals surface area contributed by atoms with Crippen LogP contribution in [-0.2, 0) is 52.3 Å². The van der Waals surface area contributed by atoms with Gasteiger partial charge in [0.15, 0.2) is 17.5 Å². The van der Waals surface area contributed by atoms with Crippen LogP contribution in [-0.4, -0.2) is 137 Å². The second kappa shape index (κ2) is 28.6. The molecule has 2 amide bonds. The first-order valence-corrected chi connectivity index (χ1v) is 28.5. The number of rotatable bonds is 23. The molecule has 3 aliphatic carbocycles. The number of nitrogens with one attached hydrogen (secondary N) is 1. The van der Waals surface area contributed by atoms with Gasteiger partial charge >= 0.3 is 36.1 Å². The SMILES string of the molecule is CC/C=C\C/C=C\C/C=C\C/C=C\C/C=C\CCCC(=O)O[C@@H](C(=O)O[C@H]1C[C@@]2(O)C(OC(=O)c3ccccc3)C3[C@](C)(C(=O)[C@H](OC(=O)N(C)C)C(=C1C)C2(C)C)[C@@H](O)C[C@H]1OC[C@@]31OC(C)=O)[C@H](C=C(C)C)NC(=O)OC(C)(C)C. The molecule has 1 saturated heterocycles. The number of esters is 4. The maximum absolute atomic E-state index is 16.0. The Balaban J connectivity index is 1.55. The van der Waals surface area contributed by atoms with E-state index >= 15 is 9.59 Å². The minimum Gasteiger partial charge on any atom is -0.455 e. The Morgan fingerprint density at radius 1 is 0.854 bits per heavy atom. The molecule has 3 fully saturated rings. The van der Waals surface area contributed by atoms with E-state index in [1.54, 1.807) is 66.7 Å². The lowest BCUT2D eigenvalue weighted by Gasteiger charge is -2.67. The van der Waals surface area contributed by atoms with E-state index in [2.05, 4.69) is 60.8 Å². The van der Waals surface area contributed by atoms with Crippen molar-refractivity contribution in [2.75, 3.05) is 20.7 Å². The minimum absolute atomic E-state index is 0.0447. The fraction of sp³-hybridized carbons (Fsp3) is 0.578. The summed E-state index contributed by atoms with van der Waals surface area (Å²) in [6, 6.07) is 6.46. The Morgan fingerprint density at radius 2 is 1.44 bits per heavy atom. The summed E-state index contributed by atoms with van der Waals surface area (Å²) in [5, 5.41) is 29.0. The van der Waals surface area contributed by atoms with Crippen LogP contribution in [0.25, 0.3) is 0 Å². The molecule has 0 radical (unpaired) electrons. The molecule has 18 nitrogen and oxygen atoms in total. The van der Waals surface area contributed by atoms with Crippen LogP contribution in [0.5, 0.6) is 0 Å². The second-order valence-electron chi connectivity index (χ2n) is 23.8. The van der Waals surface area contributed by atoms with Gasteiger partial charge in [-0.05, 0) is 117 Å². The van der Waals surface area contributed by atoms with Crippen LogP contribution >= 0.6 is 0 Å². The van der Waals surface area contributed by atoms with Gasteiger partial charge in [-0.2, -0.15) is 0 Å². The second-order valence-corrected chi connectivity index (χ2v) is 23.8. The summed E-state index contributed by atoms with van der Waals surface area (Å²) in [4.78, 5) is 101. The predicted octanol–water partition coefficient (Wildman–Crippen LogP) is 10.0. The van der Waals surface area contributed by atoms with E-state index in [1.165, 1.54) is 46.2 Å². The number of hydrogen-bond acceptors (Lipinski definition) is 16. The standard InChI is InChI=1S/C64H88N2O16/c1-14-15-16-17-18-19-20-21-22-23-24-25-26-27-28-29-33-36-49(69)78-51(45(37-41(2)3)65-58(73)82-60(6,7)8)57(72)77-46-39-64(75)55(80-56(71)44-34-31-30-32-35-44)53-62(11,47(68)38-48-63(53,40-76-48)81-43(5)67)54(70)52(79-59(74)66(12)13)50(42(46)4)61(64,9)10/h15-16,18-19,21-22,24-25,27-28,30-32,34-35,37,45-48,51-53,55,68,75H,14,17,20,23,26,29,33,36,38-40H2,1-13H3,(H,65,73)/b16-15-,19-18-,22-21-,25-24-,28-27-/t45-,46-,47-,48+,51+,52+,53?,55?,62+,63-,64+/m0/s1. The minimum atomic E-state index is -2.47. The topological polar surface area (TPSA) is 240 Å². The summed E-state index contributed by atoms with van der Waals surface area (Å²) in [6.45, 7) is 17.3. The lowest BCUT2D eigenvalue weighted by Crippen LogP contribution is -2.82. The van der Waals surface area contributed by atoms with Crippen molar-refractivity contribution < 1.29 is 76.9 Å². The molecular weight excluding hydrogens is 1050 g/mol. The van der Waals surface area contributed by atoms with Gasteiger partial charge in [0.25, 0.3) is 0 Å². The van der Waals surface area contributed by atoms with Gasteiger partial charge in [0.05, 0.1) is 35.6 Å². The Bertz CT molecular complexity index is 2670. The van der Waals surface area contributed by atoms with Crippen LogP contribution in [0.15, 0.2) is 114 Å². The van der Waals surface area contributed by atoms with Gasteiger partial charge in [-0.15, -0.1) is 0 Å². The van der Waals surface area contributed by atoms with Crippen LogP contribution in [0, 0.1) is 16.7 Å². The number of ether oxygens (including phenoxy) is 7. The monoisotopic (exact) mass is 1140 g/mol. The highest BCUT2D eigenvalue weighted by Crippen LogP contribution is 2.64. The summed E-state index contributed by atoms with van der Waals surface area (Å²) in [5.41, 5.74) is -8.41. The van der Waals surface area contributed by atoms with Crippen LogP contribution in [0.2, 0.25) is 0 Å². The number of amides is 2. The van der Waals surface area contributed by atoms with E-state index in [0.717, 1.165) is 37.5 Å². The lowest BCUT2D eigenvalue weighted by atomic mass is 9.44. The number of allylic oxidation sites excluding steroid dienone is 11. The molecule has 3 N–H and O–H groups in total. The average Bonchev–Trinajstić information content (AvgIpc) is 0.956. The first-order chi connectivity index (χ1) is 38.5. The van der Waals surface area contributed by atoms with Gasteiger partial charge in [0.2, 0.25) is 6.10 Å². The molecule has 82 heavy (non-hydrogen) atoms. The maximum Gasteiger partial charge on any atom is 0.410 e. The number of hydrogen-bond donors (Lipinski definition) is 3. The molecule has 2 saturated carbocycles. The molecule has 11 atom stereocenters. The number of benzene rings is 1. The third-order valence-electron chi connectivity index (χ3n) is 15.7. The van der Waals surface area contributed by atoms with Crippen molar-refractivity contribution in [3.05, 3.63) is 119 Å². The summed E-state index contributed by atoms with van der Waals surface area (Å²) in [7, 11) is 2.80. The number of nitrogens with zero attached hydrogens (tertiary/aromatic N) is 1. The van der Waals surface area contributed by atoms with Crippen LogP contribution < -0.4 is 5.32 Å². The highest BCUT2D eigenvalue weighted by Gasteiger charge is 2.78. The number of aliphatic hydroxyl groups excluding tert-OH is 1.